The van der Waals surface area contributed by atoms with Crippen LogP contribution in [0.25, 0.3) is 90.9 Å². The predicted molar refractivity (Wildman–Crippen MR) is 407 cm³/mol. The lowest BCUT2D eigenvalue weighted by molar-refractivity contribution is 0.304. The van der Waals surface area contributed by atoms with Crippen LogP contribution < -0.4 is 9.47 Å². The monoisotopic (exact) mass is 1290 g/mol. The van der Waals surface area contributed by atoms with Gasteiger partial charge in [0, 0.05) is 123 Å². The minimum absolute atomic E-state index is 0.308. The van der Waals surface area contributed by atoms with Crippen LogP contribution in [0.2, 0.25) is 0 Å². The van der Waals surface area contributed by atoms with Crippen molar-refractivity contribution in [2.45, 2.75) is 169 Å². The quantitative estimate of drug-likeness (QED) is 0.103. The molecular weight excluding hydrogens is 1200 g/mol. The van der Waals surface area contributed by atoms with Crippen LogP contribution in [0.15, 0.2) is 146 Å². The molecule has 0 amide bonds. The number of rotatable bonds is 2. The Labute approximate surface area is 578 Å². The average Bonchev–Trinajstić information content (AvgIpc) is 1.61. The zero-order valence-electron chi connectivity index (χ0n) is 59.4. The van der Waals surface area contributed by atoms with E-state index in [0.717, 1.165) is 165 Å². The van der Waals surface area contributed by atoms with Gasteiger partial charge in [-0.3, -0.25) is 0 Å². The number of aromatic nitrogens is 8. The molecule has 7 aliphatic heterocycles. The molecule has 14 heterocycles. The maximum Gasteiger partial charge on any atom is 0.127 e. The molecule has 98 heavy (non-hydrogen) atoms. The molecule has 20 bridgehead atoms. The lowest BCUT2D eigenvalue weighted by Gasteiger charge is -2.31. The topological polar surface area (TPSA) is 139 Å². The fourth-order valence-electron chi connectivity index (χ4n) is 16.7. The van der Waals surface area contributed by atoms with Gasteiger partial charge in [0.2, 0.25) is 0 Å². The number of H-pyrrole nitrogens is 6. The molecule has 0 spiro atoms. The van der Waals surface area contributed by atoms with Gasteiger partial charge in [-0.25, -0.2) is 9.97 Å². The number of aryl methyl sites for hydroxylation is 6. The molecule has 0 atom stereocenters. The summed E-state index contributed by atoms with van der Waals surface area (Å²) in [6, 6.07) is 53.9. The van der Waals surface area contributed by atoms with Crippen molar-refractivity contribution in [2.24, 2.45) is 0 Å². The van der Waals surface area contributed by atoms with E-state index >= 15 is 0 Å². The first-order chi connectivity index (χ1) is 47.3. The Morgan fingerprint density at radius 3 is 0.949 bits per heavy atom. The van der Waals surface area contributed by atoms with Crippen molar-refractivity contribution < 1.29 is 9.47 Å². The molecule has 0 unspecified atom stereocenters. The van der Waals surface area contributed by atoms with E-state index < -0.39 is 0 Å². The summed E-state index contributed by atoms with van der Waals surface area (Å²) in [6.45, 7) is 28.7. The number of hydrogen-bond acceptors (Lipinski definition) is 4. The van der Waals surface area contributed by atoms with Gasteiger partial charge in [0.15, 0.2) is 0 Å². The van der Waals surface area contributed by atoms with Gasteiger partial charge in [-0.05, 0) is 251 Å². The van der Waals surface area contributed by atoms with Gasteiger partial charge in [0.1, 0.15) is 11.5 Å². The summed E-state index contributed by atoms with van der Waals surface area (Å²) in [7, 11) is 0. The predicted octanol–water partition coefficient (Wildman–Crippen LogP) is 22.4. The fraction of sp³-hybridized carbons (Fsp3) is 0.318. The van der Waals surface area contributed by atoms with Gasteiger partial charge in [-0.2, -0.15) is 0 Å². The SMILES string of the molecule is Cc1cc(C)c(-c2c3nc(c4c5ccc([nH]5)c(-c5c(C)cc(C)cc5C)c5nc(c(c6ccc2[nH]6)-c2ccccc2OCCCCCCC2(C)c6ccc([nH]6)C(C)(C)c6ccc([nH]6)C(C)(CCCCCCOc6ccccc6-4)c4ccc([nH]4)C(C)(C)c4ccc2[nH]4)C=C5)C=C3)c(C)c1. The van der Waals surface area contributed by atoms with Gasteiger partial charge in [0.25, 0.3) is 0 Å². The molecule has 7 aromatic heterocycles. The molecule has 0 radical (unpaired) electrons. The van der Waals surface area contributed by atoms with Crippen LogP contribution in [-0.4, -0.2) is 53.1 Å². The van der Waals surface area contributed by atoms with E-state index in [4.69, 9.17) is 19.4 Å². The summed E-state index contributed by atoms with van der Waals surface area (Å²) in [6.07, 6.45) is 18.9. The second-order valence-corrected chi connectivity index (χ2v) is 30.1. The molecular formula is C88H94N8O2. The van der Waals surface area contributed by atoms with Crippen molar-refractivity contribution in [3.05, 3.63) is 247 Å². The molecule has 498 valence electrons. The highest BCUT2D eigenvalue weighted by atomic mass is 16.5. The molecule has 6 N–H and O–H groups in total. The highest BCUT2D eigenvalue weighted by Gasteiger charge is 2.39. The van der Waals surface area contributed by atoms with E-state index in [1.54, 1.807) is 0 Å². The van der Waals surface area contributed by atoms with E-state index in [9.17, 15) is 0 Å². The lowest BCUT2D eigenvalue weighted by atomic mass is 9.78. The number of para-hydroxylation sites is 2. The Kier molecular flexibility index (Phi) is 16.5. The third kappa shape index (κ3) is 11.4. The van der Waals surface area contributed by atoms with E-state index in [1.165, 1.54) is 78.9 Å². The van der Waals surface area contributed by atoms with Gasteiger partial charge < -0.3 is 39.4 Å². The smallest absolute Gasteiger partial charge is 0.127 e. The Morgan fingerprint density at radius 1 is 0.306 bits per heavy atom. The Morgan fingerprint density at radius 2 is 0.602 bits per heavy atom. The van der Waals surface area contributed by atoms with Crippen molar-refractivity contribution >= 4 is 46.4 Å². The van der Waals surface area contributed by atoms with Crippen LogP contribution in [0, 0.1) is 41.5 Å². The molecule has 18 rings (SSSR count). The van der Waals surface area contributed by atoms with Crippen LogP contribution in [0.3, 0.4) is 0 Å². The summed E-state index contributed by atoms with van der Waals surface area (Å²) in [5.41, 5.74) is 31.2. The molecule has 4 aromatic carbocycles. The number of nitrogens with one attached hydrogen (secondary N) is 6. The minimum Gasteiger partial charge on any atom is -0.493 e. The van der Waals surface area contributed by atoms with Gasteiger partial charge >= 0.3 is 0 Å². The van der Waals surface area contributed by atoms with Crippen LogP contribution in [0.1, 0.15) is 207 Å². The van der Waals surface area contributed by atoms with Crippen LogP contribution in [-0.2, 0) is 21.7 Å². The normalized spacial score (nSPS) is 18.7. The average molecular weight is 1300 g/mol. The van der Waals surface area contributed by atoms with Crippen molar-refractivity contribution in [3.63, 3.8) is 0 Å². The lowest BCUT2D eigenvalue weighted by Crippen LogP contribution is -2.28. The molecule has 0 aliphatic carbocycles. The van der Waals surface area contributed by atoms with E-state index in [0.29, 0.717) is 13.2 Å². The van der Waals surface area contributed by atoms with Gasteiger partial charge in [-0.15, -0.1) is 0 Å². The highest BCUT2D eigenvalue weighted by Crippen LogP contribution is 2.47. The molecule has 11 aromatic rings. The molecule has 10 heteroatoms. The molecule has 0 saturated carbocycles. The maximum absolute atomic E-state index is 7.05. The third-order valence-corrected chi connectivity index (χ3v) is 22.4. The van der Waals surface area contributed by atoms with E-state index in [1.807, 2.05) is 0 Å². The molecule has 7 aliphatic rings. The van der Waals surface area contributed by atoms with Gasteiger partial charge in [0.05, 0.1) is 36.0 Å². The Balaban J connectivity index is 0.901. The highest BCUT2D eigenvalue weighted by molar-refractivity contribution is 6.02. The number of hydrogen-bond donors (Lipinski definition) is 6. The molecule has 0 saturated heterocycles. The summed E-state index contributed by atoms with van der Waals surface area (Å²) in [5, 5.41) is 0. The largest absolute Gasteiger partial charge is 0.493 e. The first kappa shape index (κ1) is 64.2. The zero-order chi connectivity index (χ0) is 67.8. The van der Waals surface area contributed by atoms with Gasteiger partial charge in [-0.1, -0.05) is 110 Å². The number of benzene rings is 4. The summed E-state index contributed by atoms with van der Waals surface area (Å²) >= 11 is 0. The van der Waals surface area contributed by atoms with Crippen LogP contribution in [0.5, 0.6) is 11.5 Å². The number of nitrogens with zero attached hydrogens (tertiary/aromatic N) is 2. The first-order valence-corrected chi connectivity index (χ1v) is 35.8. The summed E-state index contributed by atoms with van der Waals surface area (Å²) in [5.74, 6) is 1.64. The summed E-state index contributed by atoms with van der Waals surface area (Å²) in [4.78, 5) is 35.9. The van der Waals surface area contributed by atoms with Crippen molar-refractivity contribution in [3.8, 4) is 56.0 Å². The van der Waals surface area contributed by atoms with Crippen molar-refractivity contribution in [1.82, 2.24) is 39.9 Å². The fourth-order valence-corrected chi connectivity index (χ4v) is 16.7. The Hall–Kier alpha value is -9.80. The summed E-state index contributed by atoms with van der Waals surface area (Å²) < 4.78 is 14.1. The minimum atomic E-state index is -0.317. The van der Waals surface area contributed by atoms with E-state index in [-0.39, 0.29) is 21.7 Å². The zero-order valence-corrected chi connectivity index (χ0v) is 59.4. The number of ether oxygens (including phenoxy) is 2. The molecule has 10 nitrogen and oxygen atoms in total. The second-order valence-electron chi connectivity index (χ2n) is 30.1. The maximum atomic E-state index is 7.05. The van der Waals surface area contributed by atoms with Crippen molar-refractivity contribution in [1.29, 1.82) is 0 Å². The van der Waals surface area contributed by atoms with Crippen LogP contribution >= 0.6 is 0 Å². The van der Waals surface area contributed by atoms with Crippen molar-refractivity contribution in [2.75, 3.05) is 13.2 Å². The first-order valence-electron chi connectivity index (χ1n) is 35.8. The Bertz CT molecular complexity index is 4680. The second kappa shape index (κ2) is 25.2. The molecule has 0 fully saturated rings. The third-order valence-electron chi connectivity index (χ3n) is 22.4. The standard InChI is InChI=1S/C88H94N8O2/c1-53-49-55(3)79(56(4)50-53)83-65-33-29-61(89-65)81-59-25-17-19-27-69(59)97-47-23-15-13-21-45-87(11)75-41-37-71(93-75)85(7,8)72-38-42-76(94-72)88(12,78-44-40-74(96-78)86(9,10)73-39-43-77(87)95-73)46-22-14-16-24-48-98-70-28-20-18-26-60(70)82(62-30-34-66(83)90-62)64-32-36-68(92-64)84(67-35-31-63(81)91-67)80-57(5)51-54(2)52-58(80)6/h17-20,25-44,49-52,89,92-96H,13-16,21-24,45-48H2,1-12H3. The van der Waals surface area contributed by atoms with Crippen LogP contribution in [0.4, 0.5) is 0 Å². The number of aromatic amines is 6. The van der Waals surface area contributed by atoms with E-state index in [2.05, 4.69) is 283 Å².